The van der Waals surface area contributed by atoms with Gasteiger partial charge in [-0.1, -0.05) is 43.7 Å². The van der Waals surface area contributed by atoms with Crippen LogP contribution >= 0.6 is 0 Å². The zero-order chi connectivity index (χ0) is 16.1. The maximum Gasteiger partial charge on any atom is 0.307 e. The summed E-state index contributed by atoms with van der Waals surface area (Å²) < 4.78 is 0. The van der Waals surface area contributed by atoms with Crippen molar-refractivity contribution < 1.29 is 9.90 Å². The first-order chi connectivity index (χ1) is 10.5. The van der Waals surface area contributed by atoms with E-state index in [1.54, 1.807) is 0 Å². The van der Waals surface area contributed by atoms with Crippen molar-refractivity contribution in [3.8, 4) is 0 Å². The van der Waals surface area contributed by atoms with Gasteiger partial charge in [-0.3, -0.25) is 4.79 Å². The lowest BCUT2D eigenvalue weighted by atomic mass is 9.74. The summed E-state index contributed by atoms with van der Waals surface area (Å²) in [5.41, 5.74) is 8.26. The summed E-state index contributed by atoms with van der Waals surface area (Å²) >= 11 is 0. The molecule has 2 rings (SSSR count). The molecule has 116 valence electrons. The van der Waals surface area contributed by atoms with Gasteiger partial charge in [0.15, 0.2) is 0 Å². The second-order valence-electron chi connectivity index (χ2n) is 5.71. The van der Waals surface area contributed by atoms with Crippen LogP contribution < -0.4 is 5.73 Å². The van der Waals surface area contributed by atoms with Gasteiger partial charge in [-0.2, -0.15) is 0 Å². The van der Waals surface area contributed by atoms with E-state index in [-0.39, 0.29) is 11.8 Å². The second-order valence-corrected chi connectivity index (χ2v) is 5.71. The van der Waals surface area contributed by atoms with E-state index in [9.17, 15) is 9.90 Å². The highest BCUT2D eigenvalue weighted by molar-refractivity contribution is 6.06. The van der Waals surface area contributed by atoms with Gasteiger partial charge in [0.1, 0.15) is 0 Å². The minimum atomic E-state index is -0.725. The number of nitrogens with two attached hydrogens (primary N) is 1. The van der Waals surface area contributed by atoms with Gasteiger partial charge in [0.05, 0.1) is 11.6 Å². The minimum absolute atomic E-state index is 0.000453. The molecule has 2 unspecified atom stereocenters. The van der Waals surface area contributed by atoms with E-state index in [1.807, 2.05) is 24.3 Å². The van der Waals surface area contributed by atoms with Crippen molar-refractivity contribution in [2.24, 2.45) is 17.6 Å². The van der Waals surface area contributed by atoms with Crippen LogP contribution in [0.15, 0.2) is 43.1 Å². The fourth-order valence-electron chi connectivity index (χ4n) is 3.11. The number of carboxylic acid groups (broad SMARTS) is 1. The normalized spacial score (nSPS) is 21.6. The summed E-state index contributed by atoms with van der Waals surface area (Å²) in [5.74, 6) is -1.06. The van der Waals surface area contributed by atoms with Crippen LogP contribution in [0.2, 0.25) is 0 Å². The third kappa shape index (κ3) is 3.45. The zero-order valence-corrected chi connectivity index (χ0v) is 12.6. The highest BCUT2D eigenvalue weighted by Crippen LogP contribution is 2.38. The van der Waals surface area contributed by atoms with Crippen LogP contribution in [0.3, 0.4) is 0 Å². The predicted octanol–water partition coefficient (Wildman–Crippen LogP) is 3.43. The maximum atomic E-state index is 11.4. The zero-order valence-electron chi connectivity index (χ0n) is 12.6. The Morgan fingerprint density at radius 2 is 1.73 bits per heavy atom. The Morgan fingerprint density at radius 3 is 2.27 bits per heavy atom. The van der Waals surface area contributed by atoms with E-state index in [2.05, 4.69) is 6.58 Å². The van der Waals surface area contributed by atoms with Crippen molar-refractivity contribution in [1.82, 2.24) is 0 Å². The molecule has 4 N–H and O–H groups in total. The Bertz CT molecular complexity index is 602. The molecule has 1 saturated carbocycles. The highest BCUT2D eigenvalue weighted by Gasteiger charge is 2.32. The fraction of sp³-hybridized carbons (Fsp3) is 0.333. The molecule has 1 fully saturated rings. The molecule has 1 aliphatic rings. The lowest BCUT2D eigenvalue weighted by Gasteiger charge is -2.30. The second kappa shape index (κ2) is 7.07. The summed E-state index contributed by atoms with van der Waals surface area (Å²) in [6, 6.07) is 7.51. The molecule has 4 heteroatoms. The quantitative estimate of drug-likeness (QED) is 0.728. The molecule has 0 radical (unpaired) electrons. The minimum Gasteiger partial charge on any atom is -0.481 e. The van der Waals surface area contributed by atoms with E-state index in [0.717, 1.165) is 42.4 Å². The van der Waals surface area contributed by atoms with E-state index in [0.29, 0.717) is 5.71 Å². The van der Waals surface area contributed by atoms with E-state index < -0.39 is 5.97 Å². The lowest BCUT2D eigenvalue weighted by molar-refractivity contribution is -0.143. The summed E-state index contributed by atoms with van der Waals surface area (Å²) in [7, 11) is 0. The summed E-state index contributed by atoms with van der Waals surface area (Å²) in [5, 5.41) is 17.2. The van der Waals surface area contributed by atoms with Crippen LogP contribution in [0.5, 0.6) is 0 Å². The summed E-state index contributed by atoms with van der Waals surface area (Å²) in [6.45, 7) is 4.14. The van der Waals surface area contributed by atoms with Crippen LogP contribution in [0.25, 0.3) is 5.57 Å². The number of allylic oxidation sites excluding steroid dienone is 2. The first-order valence-electron chi connectivity index (χ1n) is 7.54. The van der Waals surface area contributed by atoms with Crippen LogP contribution in [0, 0.1) is 17.2 Å². The monoisotopic (exact) mass is 298 g/mol. The van der Waals surface area contributed by atoms with Crippen LogP contribution in [-0.2, 0) is 4.79 Å². The molecular weight excluding hydrogens is 276 g/mol. The summed E-state index contributed by atoms with van der Waals surface area (Å²) in [4.78, 5) is 11.4. The van der Waals surface area contributed by atoms with Crippen LogP contribution in [-0.4, -0.2) is 16.8 Å². The van der Waals surface area contributed by atoms with Gasteiger partial charge in [-0.25, -0.2) is 0 Å². The Kier molecular flexibility index (Phi) is 5.15. The molecule has 22 heavy (non-hydrogen) atoms. The molecule has 1 aliphatic carbocycles. The van der Waals surface area contributed by atoms with Crippen LogP contribution in [0.4, 0.5) is 0 Å². The molecule has 1 aromatic rings. The number of aliphatic carboxylic acids is 1. The van der Waals surface area contributed by atoms with Crippen molar-refractivity contribution in [3.05, 3.63) is 54.2 Å². The number of carbonyl (C=O) groups is 1. The molecule has 0 spiro atoms. The number of carboxylic acids is 1. The lowest BCUT2D eigenvalue weighted by Crippen LogP contribution is -2.27. The van der Waals surface area contributed by atoms with E-state index >= 15 is 0 Å². The molecule has 2 atom stereocenters. The maximum absolute atomic E-state index is 11.4. The Hall–Kier alpha value is -2.36. The first kappa shape index (κ1) is 16.0. The SMILES string of the molecule is C=C(c1ccc(C(=N)/C=C\N)cc1)C1CCCCC1C(=O)O. The molecule has 1 aromatic carbocycles. The summed E-state index contributed by atoms with van der Waals surface area (Å²) in [6.07, 6.45) is 6.51. The van der Waals surface area contributed by atoms with Crippen LogP contribution in [0.1, 0.15) is 36.8 Å². The Morgan fingerprint density at radius 1 is 1.18 bits per heavy atom. The number of benzene rings is 1. The van der Waals surface area contributed by atoms with Crippen molar-refractivity contribution in [1.29, 1.82) is 5.41 Å². The van der Waals surface area contributed by atoms with Gasteiger partial charge in [0.25, 0.3) is 0 Å². The smallest absolute Gasteiger partial charge is 0.307 e. The van der Waals surface area contributed by atoms with Gasteiger partial charge in [-0.15, -0.1) is 0 Å². The van der Waals surface area contributed by atoms with Crippen molar-refractivity contribution in [3.63, 3.8) is 0 Å². The molecule has 0 aromatic heterocycles. The standard InChI is InChI=1S/C18H22N2O2/c1-12(15-4-2-3-5-16(15)18(21)22)13-6-8-14(9-7-13)17(20)10-11-19/h6-11,15-16,20H,1-5,19H2,(H,21,22)/b11-10-,20-17?. The Balaban J connectivity index is 2.18. The largest absolute Gasteiger partial charge is 0.481 e. The van der Waals surface area contributed by atoms with Gasteiger partial charge in [-0.05, 0) is 47.7 Å². The average Bonchev–Trinajstić information content (AvgIpc) is 2.54. The molecule has 0 heterocycles. The molecule has 4 nitrogen and oxygen atoms in total. The predicted molar refractivity (Wildman–Crippen MR) is 88.7 cm³/mol. The average molecular weight is 298 g/mol. The van der Waals surface area contributed by atoms with E-state index in [1.165, 1.54) is 12.3 Å². The number of hydrogen-bond acceptors (Lipinski definition) is 3. The van der Waals surface area contributed by atoms with Gasteiger partial charge >= 0.3 is 5.97 Å². The van der Waals surface area contributed by atoms with Crippen molar-refractivity contribution in [2.45, 2.75) is 25.7 Å². The molecule has 0 saturated heterocycles. The number of rotatable bonds is 5. The van der Waals surface area contributed by atoms with Crippen molar-refractivity contribution in [2.75, 3.05) is 0 Å². The molecule has 0 amide bonds. The topological polar surface area (TPSA) is 87.2 Å². The van der Waals surface area contributed by atoms with Gasteiger partial charge in [0, 0.05) is 0 Å². The van der Waals surface area contributed by atoms with E-state index in [4.69, 9.17) is 11.1 Å². The number of hydrogen-bond donors (Lipinski definition) is 3. The number of nitrogens with one attached hydrogen (secondary N) is 1. The molecule has 0 bridgehead atoms. The third-order valence-corrected chi connectivity index (χ3v) is 4.36. The first-order valence-corrected chi connectivity index (χ1v) is 7.54. The van der Waals surface area contributed by atoms with Gasteiger partial charge in [0.2, 0.25) is 0 Å². The molecule has 0 aliphatic heterocycles. The molecular formula is C18H22N2O2. The fourth-order valence-corrected chi connectivity index (χ4v) is 3.11. The van der Waals surface area contributed by atoms with Crippen molar-refractivity contribution >= 4 is 17.3 Å². The Labute approximate surface area is 130 Å². The van der Waals surface area contributed by atoms with Gasteiger partial charge < -0.3 is 16.2 Å². The highest BCUT2D eigenvalue weighted by atomic mass is 16.4. The third-order valence-electron chi connectivity index (χ3n) is 4.36.